The van der Waals surface area contributed by atoms with Crippen LogP contribution in [0.5, 0.6) is 0 Å². The number of anilines is 2. The Labute approximate surface area is 118 Å². The van der Waals surface area contributed by atoms with Gasteiger partial charge in [0.15, 0.2) is 9.84 Å². The number of hydrogen-bond donors (Lipinski definition) is 2. The Hall–Kier alpha value is -1.82. The molecule has 6 heteroatoms. The molecular formula is C14H17N3O2S. The van der Waals surface area contributed by atoms with Gasteiger partial charge in [0, 0.05) is 17.6 Å². The summed E-state index contributed by atoms with van der Waals surface area (Å²) in [5.74, 6) is 0.472. The molecule has 1 aliphatic rings. The number of hydrogen-bond acceptors (Lipinski definition) is 5. The second-order valence-corrected chi connectivity index (χ2v) is 7.42. The van der Waals surface area contributed by atoms with Gasteiger partial charge in [0.1, 0.15) is 0 Å². The van der Waals surface area contributed by atoms with Crippen LogP contribution < -0.4 is 11.1 Å². The molecule has 0 amide bonds. The third-order valence-electron chi connectivity index (χ3n) is 3.65. The maximum Gasteiger partial charge on any atom is 0.152 e. The minimum atomic E-state index is -2.92. The monoisotopic (exact) mass is 291 g/mol. The minimum Gasteiger partial charge on any atom is -0.397 e. The fraction of sp³-hybridized carbons (Fsp3) is 0.357. The fourth-order valence-electron chi connectivity index (χ4n) is 2.66. The van der Waals surface area contributed by atoms with Crippen molar-refractivity contribution in [1.29, 1.82) is 0 Å². The van der Waals surface area contributed by atoms with Crippen LogP contribution in [0.15, 0.2) is 30.5 Å². The van der Waals surface area contributed by atoms with Gasteiger partial charge in [-0.3, -0.25) is 4.98 Å². The predicted molar refractivity (Wildman–Crippen MR) is 81.5 cm³/mol. The highest BCUT2D eigenvalue weighted by atomic mass is 32.2. The van der Waals surface area contributed by atoms with Crippen LogP contribution >= 0.6 is 0 Å². The molecule has 5 nitrogen and oxygen atoms in total. The highest BCUT2D eigenvalue weighted by molar-refractivity contribution is 7.91. The molecule has 1 unspecified atom stereocenters. The summed E-state index contributed by atoms with van der Waals surface area (Å²) in [5.41, 5.74) is 8.40. The average Bonchev–Trinajstić information content (AvgIpc) is 2.41. The number of nitrogens with two attached hydrogens (primary N) is 1. The number of nitrogens with one attached hydrogen (secondary N) is 1. The van der Waals surface area contributed by atoms with Crippen molar-refractivity contribution in [3.63, 3.8) is 0 Å². The summed E-state index contributed by atoms with van der Waals surface area (Å²) in [6, 6.07) is 7.45. The zero-order chi connectivity index (χ0) is 14.2. The Kier molecular flexibility index (Phi) is 3.25. The number of fused-ring (bicyclic) bond motifs is 1. The molecule has 1 aliphatic heterocycles. The third kappa shape index (κ3) is 2.56. The molecule has 1 aromatic carbocycles. The average molecular weight is 291 g/mol. The van der Waals surface area contributed by atoms with Crippen LogP contribution in [0.1, 0.15) is 12.8 Å². The molecule has 0 bridgehead atoms. The van der Waals surface area contributed by atoms with E-state index < -0.39 is 9.84 Å². The lowest BCUT2D eigenvalue weighted by atomic mass is 10.1. The van der Waals surface area contributed by atoms with Gasteiger partial charge in [-0.1, -0.05) is 0 Å². The molecule has 1 aromatic heterocycles. The van der Waals surface area contributed by atoms with Crippen molar-refractivity contribution < 1.29 is 8.42 Å². The van der Waals surface area contributed by atoms with Crippen molar-refractivity contribution in [3.8, 4) is 0 Å². The fourth-order valence-corrected chi connectivity index (χ4v) is 4.29. The first kappa shape index (κ1) is 13.2. The summed E-state index contributed by atoms with van der Waals surface area (Å²) >= 11 is 0. The van der Waals surface area contributed by atoms with Crippen molar-refractivity contribution in [2.24, 2.45) is 0 Å². The normalized spacial score (nSPS) is 21.7. The van der Waals surface area contributed by atoms with E-state index >= 15 is 0 Å². The van der Waals surface area contributed by atoms with E-state index in [0.29, 0.717) is 17.9 Å². The summed E-state index contributed by atoms with van der Waals surface area (Å²) < 4.78 is 23.3. The van der Waals surface area contributed by atoms with Crippen LogP contribution in [0, 0.1) is 0 Å². The van der Waals surface area contributed by atoms with Crippen molar-refractivity contribution >= 4 is 32.1 Å². The van der Waals surface area contributed by atoms with E-state index in [-0.39, 0.29) is 11.8 Å². The summed E-state index contributed by atoms with van der Waals surface area (Å²) in [7, 11) is -2.92. The second-order valence-electron chi connectivity index (χ2n) is 5.19. The van der Waals surface area contributed by atoms with Crippen LogP contribution in [0.4, 0.5) is 11.4 Å². The number of nitrogens with zero attached hydrogens (tertiary/aromatic N) is 1. The number of benzene rings is 1. The number of aromatic nitrogens is 1. The summed E-state index contributed by atoms with van der Waals surface area (Å²) in [6.45, 7) is 0. The Bertz CT molecular complexity index is 743. The van der Waals surface area contributed by atoms with Crippen LogP contribution in [0.2, 0.25) is 0 Å². The van der Waals surface area contributed by atoms with E-state index in [0.717, 1.165) is 23.0 Å². The summed E-state index contributed by atoms with van der Waals surface area (Å²) in [5, 5.41) is 4.15. The van der Waals surface area contributed by atoms with E-state index in [4.69, 9.17) is 5.73 Å². The molecule has 106 valence electrons. The Morgan fingerprint density at radius 1 is 1.30 bits per heavy atom. The topological polar surface area (TPSA) is 85.1 Å². The molecule has 0 spiro atoms. The zero-order valence-electron chi connectivity index (χ0n) is 11.0. The predicted octanol–water partition coefficient (Wildman–Crippen LogP) is 1.81. The van der Waals surface area contributed by atoms with Crippen LogP contribution in [-0.4, -0.2) is 30.9 Å². The lowest BCUT2D eigenvalue weighted by Gasteiger charge is -2.25. The van der Waals surface area contributed by atoms with Gasteiger partial charge in [0.2, 0.25) is 0 Å². The summed E-state index contributed by atoms with van der Waals surface area (Å²) in [4.78, 5) is 4.25. The van der Waals surface area contributed by atoms with Crippen LogP contribution in [0.3, 0.4) is 0 Å². The third-order valence-corrected chi connectivity index (χ3v) is 5.47. The zero-order valence-corrected chi connectivity index (χ0v) is 11.9. The van der Waals surface area contributed by atoms with E-state index in [2.05, 4.69) is 10.3 Å². The number of sulfone groups is 1. The van der Waals surface area contributed by atoms with Gasteiger partial charge in [0.25, 0.3) is 0 Å². The van der Waals surface area contributed by atoms with Crippen molar-refractivity contribution in [2.75, 3.05) is 22.6 Å². The van der Waals surface area contributed by atoms with E-state index in [1.165, 1.54) is 0 Å². The lowest BCUT2D eigenvalue weighted by molar-refractivity contribution is 0.562. The van der Waals surface area contributed by atoms with Crippen molar-refractivity contribution in [2.45, 2.75) is 18.9 Å². The number of rotatable bonds is 2. The first-order chi connectivity index (χ1) is 9.55. The van der Waals surface area contributed by atoms with Gasteiger partial charge in [-0.2, -0.15) is 0 Å². The van der Waals surface area contributed by atoms with Gasteiger partial charge in [0.05, 0.1) is 28.4 Å². The van der Waals surface area contributed by atoms with Crippen LogP contribution in [-0.2, 0) is 9.84 Å². The Morgan fingerprint density at radius 3 is 2.95 bits per heavy atom. The highest BCUT2D eigenvalue weighted by Gasteiger charge is 2.25. The maximum atomic E-state index is 11.7. The molecule has 0 radical (unpaired) electrons. The molecule has 1 fully saturated rings. The molecular weight excluding hydrogens is 274 g/mol. The Balaban J connectivity index is 1.89. The van der Waals surface area contributed by atoms with E-state index in [9.17, 15) is 8.42 Å². The minimum absolute atomic E-state index is 0.0647. The van der Waals surface area contributed by atoms with Crippen molar-refractivity contribution in [1.82, 2.24) is 4.98 Å². The molecule has 20 heavy (non-hydrogen) atoms. The quantitative estimate of drug-likeness (QED) is 0.824. The van der Waals surface area contributed by atoms with Gasteiger partial charge >= 0.3 is 0 Å². The first-order valence-corrected chi connectivity index (χ1v) is 8.47. The second kappa shape index (κ2) is 4.94. The highest BCUT2D eigenvalue weighted by Crippen LogP contribution is 2.29. The number of pyridine rings is 1. The van der Waals surface area contributed by atoms with Gasteiger partial charge < -0.3 is 11.1 Å². The van der Waals surface area contributed by atoms with Gasteiger partial charge in [-0.05, 0) is 37.1 Å². The van der Waals surface area contributed by atoms with Gasteiger partial charge in [-0.15, -0.1) is 0 Å². The SMILES string of the molecule is Nc1c(NC2CCCS(=O)(=O)C2)ccc2ncccc12. The van der Waals surface area contributed by atoms with E-state index in [1.54, 1.807) is 6.20 Å². The smallest absolute Gasteiger partial charge is 0.152 e. The standard InChI is InChI=1S/C14H17N3O2S/c15-14-11-4-1-7-16-12(11)5-6-13(14)17-10-3-2-8-20(18,19)9-10/h1,4-7,10,17H,2-3,8-9,15H2. The lowest BCUT2D eigenvalue weighted by Crippen LogP contribution is -2.35. The maximum absolute atomic E-state index is 11.7. The Morgan fingerprint density at radius 2 is 2.15 bits per heavy atom. The molecule has 2 heterocycles. The van der Waals surface area contributed by atoms with E-state index in [1.807, 2.05) is 24.3 Å². The van der Waals surface area contributed by atoms with Gasteiger partial charge in [-0.25, -0.2) is 8.42 Å². The molecule has 3 N–H and O–H groups in total. The molecule has 3 rings (SSSR count). The molecule has 1 saturated heterocycles. The molecule has 2 aromatic rings. The van der Waals surface area contributed by atoms with Crippen LogP contribution in [0.25, 0.3) is 10.9 Å². The largest absolute Gasteiger partial charge is 0.397 e. The first-order valence-electron chi connectivity index (χ1n) is 6.65. The molecule has 1 atom stereocenters. The van der Waals surface area contributed by atoms with Crippen molar-refractivity contribution in [3.05, 3.63) is 30.5 Å². The number of nitrogen functional groups attached to an aromatic ring is 1. The molecule has 0 aliphatic carbocycles. The summed E-state index contributed by atoms with van der Waals surface area (Å²) in [6.07, 6.45) is 3.28. The molecule has 0 saturated carbocycles.